The van der Waals surface area contributed by atoms with Crippen LogP contribution in [0.15, 0.2) is 49.0 Å². The number of carbonyl (C=O) groups excluding carboxylic acids is 1. The van der Waals surface area contributed by atoms with Crippen molar-refractivity contribution in [1.29, 1.82) is 0 Å². The van der Waals surface area contributed by atoms with Gasteiger partial charge < -0.3 is 9.30 Å². The van der Waals surface area contributed by atoms with Crippen LogP contribution in [0, 0.1) is 0 Å². The van der Waals surface area contributed by atoms with Gasteiger partial charge in [0.15, 0.2) is 0 Å². The Kier molecular flexibility index (Phi) is 6.41. The van der Waals surface area contributed by atoms with Gasteiger partial charge in [0.05, 0.1) is 24.5 Å². The number of benzene rings is 1. The van der Waals surface area contributed by atoms with Gasteiger partial charge in [0.1, 0.15) is 0 Å². The number of hydrogen-bond acceptors (Lipinski definition) is 6. The van der Waals surface area contributed by atoms with E-state index >= 15 is 0 Å². The SMILES string of the molecule is C=C(c1ccccc1)c1ccc2n1CCC2C(=O)OCCCCON(O)O. The van der Waals surface area contributed by atoms with Crippen LogP contribution in [0.1, 0.15) is 42.1 Å². The van der Waals surface area contributed by atoms with Crippen LogP contribution in [0.3, 0.4) is 0 Å². The molecule has 0 fully saturated rings. The summed E-state index contributed by atoms with van der Waals surface area (Å²) >= 11 is 0. The van der Waals surface area contributed by atoms with E-state index in [-0.39, 0.29) is 30.5 Å². The molecular weight excluding hydrogens is 348 g/mol. The second kappa shape index (κ2) is 8.96. The van der Waals surface area contributed by atoms with E-state index in [1.54, 1.807) is 0 Å². The number of ether oxygens (including phenoxy) is 1. The highest BCUT2D eigenvalue weighted by atomic mass is 17.1. The quantitative estimate of drug-likeness (QED) is 0.399. The highest BCUT2D eigenvalue weighted by Crippen LogP contribution is 2.35. The van der Waals surface area contributed by atoms with E-state index in [1.807, 2.05) is 42.5 Å². The highest BCUT2D eigenvalue weighted by molar-refractivity contribution is 5.81. The summed E-state index contributed by atoms with van der Waals surface area (Å²) in [5, 5.41) is 16.5. The molecule has 2 aromatic rings. The predicted octanol–water partition coefficient (Wildman–Crippen LogP) is 3.37. The maximum absolute atomic E-state index is 12.4. The number of rotatable bonds is 9. The lowest BCUT2D eigenvalue weighted by Crippen LogP contribution is -2.16. The summed E-state index contributed by atoms with van der Waals surface area (Å²) in [6, 6.07) is 14.0. The maximum atomic E-state index is 12.4. The van der Waals surface area contributed by atoms with Crippen LogP contribution in [-0.4, -0.2) is 39.6 Å². The Labute approximate surface area is 157 Å². The molecule has 1 aliphatic rings. The van der Waals surface area contributed by atoms with Gasteiger partial charge in [-0.3, -0.25) is 20.0 Å². The summed E-state index contributed by atoms with van der Waals surface area (Å²) in [6.07, 6.45) is 1.85. The van der Waals surface area contributed by atoms with Crippen molar-refractivity contribution in [3.63, 3.8) is 0 Å². The first-order valence-electron chi connectivity index (χ1n) is 8.99. The molecule has 0 saturated heterocycles. The van der Waals surface area contributed by atoms with Gasteiger partial charge in [-0.1, -0.05) is 36.9 Å². The topological polar surface area (TPSA) is 84.2 Å². The lowest BCUT2D eigenvalue weighted by molar-refractivity contribution is -0.492. The molecule has 0 spiro atoms. The Bertz CT molecular complexity index is 785. The van der Waals surface area contributed by atoms with Crippen molar-refractivity contribution >= 4 is 11.5 Å². The minimum atomic E-state index is -0.320. The lowest BCUT2D eigenvalue weighted by atomic mass is 10.0. The van der Waals surface area contributed by atoms with Gasteiger partial charge in [0.2, 0.25) is 0 Å². The molecule has 0 amide bonds. The highest BCUT2D eigenvalue weighted by Gasteiger charge is 2.31. The number of esters is 1. The van der Waals surface area contributed by atoms with Crippen molar-refractivity contribution in [2.75, 3.05) is 13.2 Å². The molecule has 27 heavy (non-hydrogen) atoms. The molecule has 0 saturated carbocycles. The summed E-state index contributed by atoms with van der Waals surface area (Å²) in [5.41, 5.74) is 4.00. The van der Waals surface area contributed by atoms with E-state index in [0.29, 0.717) is 12.8 Å². The zero-order chi connectivity index (χ0) is 19.2. The van der Waals surface area contributed by atoms with Gasteiger partial charge in [0, 0.05) is 17.9 Å². The van der Waals surface area contributed by atoms with Crippen molar-refractivity contribution in [2.24, 2.45) is 0 Å². The van der Waals surface area contributed by atoms with Crippen LogP contribution in [0.4, 0.5) is 0 Å². The largest absolute Gasteiger partial charge is 0.465 e. The van der Waals surface area contributed by atoms with Crippen LogP contribution >= 0.6 is 0 Å². The zero-order valence-electron chi connectivity index (χ0n) is 15.1. The number of aromatic nitrogens is 1. The monoisotopic (exact) mass is 372 g/mol. The molecular formula is C20H24N2O5. The summed E-state index contributed by atoms with van der Waals surface area (Å²) in [4.78, 5) is 16.9. The Hall–Kier alpha value is -2.45. The average molecular weight is 372 g/mol. The van der Waals surface area contributed by atoms with Crippen LogP contribution < -0.4 is 0 Å². The second-order valence-corrected chi connectivity index (χ2v) is 6.44. The van der Waals surface area contributed by atoms with E-state index in [0.717, 1.165) is 35.5 Å². The maximum Gasteiger partial charge on any atom is 0.315 e. The van der Waals surface area contributed by atoms with E-state index < -0.39 is 0 Å². The summed E-state index contributed by atoms with van der Waals surface area (Å²) in [5.74, 6) is -0.487. The molecule has 0 radical (unpaired) electrons. The molecule has 7 nitrogen and oxygen atoms in total. The molecule has 0 aliphatic carbocycles. The van der Waals surface area contributed by atoms with Crippen molar-refractivity contribution in [3.05, 3.63) is 66.0 Å². The molecule has 0 bridgehead atoms. The molecule has 2 N–H and O–H groups in total. The van der Waals surface area contributed by atoms with Crippen molar-refractivity contribution in [2.45, 2.75) is 31.7 Å². The van der Waals surface area contributed by atoms with Gasteiger partial charge >= 0.3 is 5.97 Å². The first-order chi connectivity index (χ1) is 13.1. The fourth-order valence-electron chi connectivity index (χ4n) is 3.36. The number of carbonyl (C=O) groups is 1. The molecule has 1 aliphatic heterocycles. The third-order valence-electron chi connectivity index (χ3n) is 4.72. The van der Waals surface area contributed by atoms with Crippen LogP contribution in [-0.2, 0) is 20.9 Å². The first kappa shape index (κ1) is 19.3. The van der Waals surface area contributed by atoms with Crippen molar-refractivity contribution in [3.8, 4) is 0 Å². The third-order valence-corrected chi connectivity index (χ3v) is 4.72. The smallest absolute Gasteiger partial charge is 0.315 e. The van der Waals surface area contributed by atoms with Crippen LogP contribution in [0.2, 0.25) is 0 Å². The summed E-state index contributed by atoms with van der Waals surface area (Å²) < 4.78 is 7.52. The fourth-order valence-corrected chi connectivity index (χ4v) is 3.36. The third kappa shape index (κ3) is 4.64. The Balaban J connectivity index is 1.55. The summed E-state index contributed by atoms with van der Waals surface area (Å²) in [6.45, 7) is 5.40. The van der Waals surface area contributed by atoms with Crippen LogP contribution in [0.5, 0.6) is 0 Å². The van der Waals surface area contributed by atoms with Gasteiger partial charge in [-0.05, 0) is 42.5 Å². The Morgan fingerprint density at radius 2 is 1.89 bits per heavy atom. The van der Waals surface area contributed by atoms with Gasteiger partial charge in [-0.15, -0.1) is 0 Å². The number of unbranched alkanes of at least 4 members (excludes halogenated alkanes) is 1. The zero-order valence-corrected chi connectivity index (χ0v) is 15.1. The van der Waals surface area contributed by atoms with E-state index in [1.165, 1.54) is 0 Å². The molecule has 1 aromatic carbocycles. The average Bonchev–Trinajstić information content (AvgIpc) is 3.26. The summed E-state index contributed by atoms with van der Waals surface area (Å²) in [7, 11) is 0. The Morgan fingerprint density at radius 3 is 2.63 bits per heavy atom. The minimum Gasteiger partial charge on any atom is -0.465 e. The van der Waals surface area contributed by atoms with Crippen molar-refractivity contribution < 1.29 is 24.8 Å². The van der Waals surface area contributed by atoms with E-state index in [2.05, 4.69) is 16.0 Å². The fraction of sp³-hybridized carbons (Fsp3) is 0.350. The Morgan fingerprint density at radius 1 is 1.15 bits per heavy atom. The second-order valence-electron chi connectivity index (χ2n) is 6.44. The molecule has 1 unspecified atom stereocenters. The lowest BCUT2D eigenvalue weighted by Gasteiger charge is -2.11. The van der Waals surface area contributed by atoms with E-state index in [9.17, 15) is 4.79 Å². The molecule has 1 atom stereocenters. The molecule has 7 heteroatoms. The van der Waals surface area contributed by atoms with Crippen molar-refractivity contribution in [1.82, 2.24) is 9.96 Å². The number of nitrogens with zero attached hydrogens (tertiary/aromatic N) is 2. The van der Waals surface area contributed by atoms with Gasteiger partial charge in [-0.2, -0.15) is 0 Å². The van der Waals surface area contributed by atoms with Crippen LogP contribution in [0.25, 0.3) is 5.57 Å². The number of fused-ring (bicyclic) bond motifs is 1. The molecule has 1 aromatic heterocycles. The van der Waals surface area contributed by atoms with E-state index in [4.69, 9.17) is 15.2 Å². The minimum absolute atomic E-state index is 0.141. The molecule has 3 rings (SSSR count). The van der Waals surface area contributed by atoms with Gasteiger partial charge in [-0.25, -0.2) is 0 Å². The standard InChI is InChI=1S/C20H24N2O5/c1-15(16-7-3-2-4-8-16)18-9-10-19-17(11-12-21(18)19)20(23)26-13-5-6-14-27-22(24)25/h2-4,7-10,17,24-25H,1,5-6,11-14H2. The first-order valence-corrected chi connectivity index (χ1v) is 8.99. The number of hydrogen-bond donors (Lipinski definition) is 2. The normalized spacial score (nSPS) is 15.7. The van der Waals surface area contributed by atoms with Gasteiger partial charge in [0.25, 0.3) is 0 Å². The predicted molar refractivity (Wildman–Crippen MR) is 97.9 cm³/mol. The molecule has 144 valence electrons. The molecule has 2 heterocycles.